The molecule has 1 aromatic carbocycles. The van der Waals surface area contributed by atoms with Crippen molar-refractivity contribution in [1.82, 2.24) is 5.32 Å². The summed E-state index contributed by atoms with van der Waals surface area (Å²) in [5.41, 5.74) is 0.483. The van der Waals surface area contributed by atoms with Crippen LogP contribution in [0.4, 0.5) is 5.69 Å². The van der Waals surface area contributed by atoms with Crippen LogP contribution in [0.2, 0.25) is 5.02 Å². The first-order chi connectivity index (χ1) is 9.88. The van der Waals surface area contributed by atoms with Crippen LogP contribution in [0, 0.1) is 0 Å². The Morgan fingerprint density at radius 2 is 2.10 bits per heavy atom. The highest BCUT2D eigenvalue weighted by Gasteiger charge is 2.20. The molecule has 0 aliphatic carbocycles. The topological polar surface area (TPSA) is 58.6 Å². The van der Waals surface area contributed by atoms with Crippen LogP contribution in [-0.2, 0) is 9.59 Å². The van der Waals surface area contributed by atoms with Gasteiger partial charge >= 0.3 is 0 Å². The Kier molecular flexibility index (Phi) is 6.49. The number of methoxy groups -OCH3 is 1. The van der Waals surface area contributed by atoms with E-state index >= 15 is 0 Å². The molecule has 0 aromatic heterocycles. The fourth-order valence-electron chi connectivity index (χ4n) is 1.81. The van der Waals surface area contributed by atoms with E-state index in [1.807, 2.05) is 13.8 Å². The van der Waals surface area contributed by atoms with Crippen LogP contribution in [0.15, 0.2) is 18.2 Å². The highest BCUT2D eigenvalue weighted by Crippen LogP contribution is 2.31. The Bertz CT molecular complexity index is 520. The molecule has 0 spiro atoms. The van der Waals surface area contributed by atoms with Gasteiger partial charge in [-0.25, -0.2) is 0 Å². The van der Waals surface area contributed by atoms with Crippen molar-refractivity contribution in [3.05, 3.63) is 23.2 Å². The molecule has 116 valence electrons. The van der Waals surface area contributed by atoms with Gasteiger partial charge in [-0.15, -0.1) is 0 Å². The second-order valence-electron chi connectivity index (χ2n) is 4.80. The van der Waals surface area contributed by atoms with Crippen LogP contribution in [-0.4, -0.2) is 31.5 Å². The second kappa shape index (κ2) is 7.88. The number of nitrogens with zero attached hydrogens (tertiary/aromatic N) is 1. The molecule has 2 amide bonds. The Morgan fingerprint density at radius 3 is 2.62 bits per heavy atom. The molecule has 6 heteroatoms. The van der Waals surface area contributed by atoms with Crippen molar-refractivity contribution in [3.8, 4) is 5.75 Å². The third-order valence-electron chi connectivity index (χ3n) is 3.13. The normalized spacial score (nSPS) is 11.7. The van der Waals surface area contributed by atoms with E-state index in [0.717, 1.165) is 6.42 Å². The minimum atomic E-state index is -0.255. The first-order valence-corrected chi connectivity index (χ1v) is 7.17. The zero-order valence-corrected chi connectivity index (χ0v) is 13.5. The Morgan fingerprint density at radius 1 is 1.43 bits per heavy atom. The van der Waals surface area contributed by atoms with Gasteiger partial charge in [0.05, 0.1) is 12.8 Å². The van der Waals surface area contributed by atoms with E-state index in [-0.39, 0.29) is 24.4 Å². The summed E-state index contributed by atoms with van der Waals surface area (Å²) in [6, 6.07) is 5.01. The second-order valence-corrected chi connectivity index (χ2v) is 5.23. The van der Waals surface area contributed by atoms with Crippen LogP contribution in [0.3, 0.4) is 0 Å². The maximum Gasteiger partial charge on any atom is 0.240 e. The number of anilines is 1. The van der Waals surface area contributed by atoms with Gasteiger partial charge in [0, 0.05) is 18.0 Å². The first kappa shape index (κ1) is 17.3. The van der Waals surface area contributed by atoms with E-state index in [1.165, 1.54) is 18.9 Å². The number of carbonyl (C=O) groups is 2. The highest BCUT2D eigenvalue weighted by atomic mass is 35.5. The molecule has 0 saturated carbocycles. The summed E-state index contributed by atoms with van der Waals surface area (Å²) in [5.74, 6) is 0.0161. The number of amides is 2. The molecular weight excluding hydrogens is 292 g/mol. The smallest absolute Gasteiger partial charge is 0.240 e. The number of hydrogen-bond acceptors (Lipinski definition) is 3. The van der Waals surface area contributed by atoms with Crippen molar-refractivity contribution in [2.45, 2.75) is 33.2 Å². The maximum atomic E-state index is 12.0. The summed E-state index contributed by atoms with van der Waals surface area (Å²) in [4.78, 5) is 25.2. The van der Waals surface area contributed by atoms with Gasteiger partial charge in [0.25, 0.3) is 0 Å². The fraction of sp³-hybridized carbons (Fsp3) is 0.467. The average Bonchev–Trinajstić information content (AvgIpc) is 2.44. The van der Waals surface area contributed by atoms with Crippen LogP contribution in [0.25, 0.3) is 0 Å². The predicted octanol–water partition coefficient (Wildman–Crippen LogP) is 2.62. The van der Waals surface area contributed by atoms with E-state index in [2.05, 4.69) is 5.32 Å². The summed E-state index contributed by atoms with van der Waals surface area (Å²) in [6.45, 7) is 5.22. The molecule has 0 bridgehead atoms. The van der Waals surface area contributed by atoms with Gasteiger partial charge in [-0.3, -0.25) is 14.5 Å². The first-order valence-electron chi connectivity index (χ1n) is 6.80. The van der Waals surface area contributed by atoms with Crippen molar-refractivity contribution in [1.29, 1.82) is 0 Å². The van der Waals surface area contributed by atoms with E-state index in [4.69, 9.17) is 16.3 Å². The third-order valence-corrected chi connectivity index (χ3v) is 3.37. The third kappa shape index (κ3) is 4.93. The van der Waals surface area contributed by atoms with Gasteiger partial charge in [-0.05, 0) is 31.5 Å². The van der Waals surface area contributed by atoms with Crippen molar-refractivity contribution in [2.24, 2.45) is 0 Å². The van der Waals surface area contributed by atoms with Gasteiger partial charge < -0.3 is 10.1 Å². The summed E-state index contributed by atoms with van der Waals surface area (Å²) >= 11 is 5.97. The summed E-state index contributed by atoms with van der Waals surface area (Å²) < 4.78 is 5.23. The van der Waals surface area contributed by atoms with Gasteiger partial charge in [-0.1, -0.05) is 18.5 Å². The fourth-order valence-corrected chi connectivity index (χ4v) is 1.97. The van der Waals surface area contributed by atoms with Crippen LogP contribution >= 0.6 is 11.6 Å². The van der Waals surface area contributed by atoms with E-state index in [0.29, 0.717) is 16.5 Å². The molecule has 1 N–H and O–H groups in total. The molecule has 1 rings (SSSR count). The summed E-state index contributed by atoms with van der Waals surface area (Å²) in [5, 5.41) is 3.30. The number of ether oxygens (including phenoxy) is 1. The molecule has 1 atom stereocenters. The van der Waals surface area contributed by atoms with E-state index < -0.39 is 0 Å². The number of hydrogen-bond donors (Lipinski definition) is 1. The van der Waals surface area contributed by atoms with Gasteiger partial charge in [-0.2, -0.15) is 0 Å². The van der Waals surface area contributed by atoms with E-state index in [1.54, 1.807) is 18.2 Å². The maximum absolute atomic E-state index is 12.0. The van der Waals surface area contributed by atoms with Crippen molar-refractivity contribution in [3.63, 3.8) is 0 Å². The lowest BCUT2D eigenvalue weighted by atomic mass is 10.2. The molecule has 0 radical (unpaired) electrons. The number of nitrogens with one attached hydrogen (secondary N) is 1. The number of rotatable bonds is 6. The molecule has 0 aliphatic rings. The van der Waals surface area contributed by atoms with Crippen molar-refractivity contribution in [2.75, 3.05) is 18.6 Å². The lowest BCUT2D eigenvalue weighted by Crippen LogP contribution is -2.42. The minimum absolute atomic E-state index is 0.0626. The Hall–Kier alpha value is -1.75. The number of benzene rings is 1. The van der Waals surface area contributed by atoms with E-state index in [9.17, 15) is 9.59 Å². The molecule has 5 nitrogen and oxygen atoms in total. The van der Waals surface area contributed by atoms with Crippen LogP contribution in [0.1, 0.15) is 27.2 Å². The summed E-state index contributed by atoms with van der Waals surface area (Å²) in [7, 11) is 1.50. The summed E-state index contributed by atoms with van der Waals surface area (Å²) in [6.07, 6.45) is 0.826. The highest BCUT2D eigenvalue weighted by molar-refractivity contribution is 6.31. The molecule has 0 heterocycles. The van der Waals surface area contributed by atoms with Gasteiger partial charge in [0.15, 0.2) is 0 Å². The van der Waals surface area contributed by atoms with Gasteiger partial charge in [0.1, 0.15) is 12.3 Å². The number of carbonyl (C=O) groups excluding carboxylic acids is 2. The zero-order chi connectivity index (χ0) is 16.0. The average molecular weight is 313 g/mol. The van der Waals surface area contributed by atoms with Gasteiger partial charge in [0.2, 0.25) is 11.8 Å². The quantitative estimate of drug-likeness (QED) is 0.878. The van der Waals surface area contributed by atoms with Crippen molar-refractivity contribution < 1.29 is 14.3 Å². The molecule has 21 heavy (non-hydrogen) atoms. The molecule has 0 aliphatic heterocycles. The molecule has 1 aromatic rings. The molecule has 0 saturated heterocycles. The molecule has 1 unspecified atom stereocenters. The monoisotopic (exact) mass is 312 g/mol. The number of halogens is 1. The minimum Gasteiger partial charge on any atom is -0.495 e. The largest absolute Gasteiger partial charge is 0.495 e. The molecular formula is C15H21ClN2O3. The van der Waals surface area contributed by atoms with Crippen molar-refractivity contribution >= 4 is 29.1 Å². The lowest BCUT2D eigenvalue weighted by Gasteiger charge is -2.24. The Balaban J connectivity index is 3.00. The lowest BCUT2D eigenvalue weighted by molar-refractivity contribution is -0.123. The van der Waals surface area contributed by atoms with Crippen LogP contribution in [0.5, 0.6) is 5.75 Å². The zero-order valence-electron chi connectivity index (χ0n) is 12.8. The Labute approximate surface area is 130 Å². The van der Waals surface area contributed by atoms with Crippen LogP contribution < -0.4 is 15.0 Å². The standard InChI is InChI=1S/C15H21ClN2O3/c1-5-10(2)17-15(20)9-18(11(3)19)13-8-12(16)6-7-14(13)21-4/h6-8,10H,5,9H2,1-4H3,(H,17,20). The SMILES string of the molecule is CCC(C)NC(=O)CN(C(C)=O)c1cc(Cl)ccc1OC. The molecule has 0 fully saturated rings. The predicted molar refractivity (Wildman–Crippen MR) is 83.9 cm³/mol.